The molecule has 0 saturated heterocycles. The second-order valence-corrected chi connectivity index (χ2v) is 5.13. The zero-order valence-corrected chi connectivity index (χ0v) is 12.0. The molecule has 0 radical (unpaired) electrons. The van der Waals surface area contributed by atoms with E-state index in [1.54, 1.807) is 0 Å². The predicted molar refractivity (Wildman–Crippen MR) is 78.7 cm³/mol. The highest BCUT2D eigenvalue weighted by Crippen LogP contribution is 2.29. The number of rotatable bonds is 3. The van der Waals surface area contributed by atoms with Gasteiger partial charge in [0.1, 0.15) is 0 Å². The number of nitrogens with zero attached hydrogens (tertiary/aromatic N) is 1. The van der Waals surface area contributed by atoms with Crippen LogP contribution >= 0.6 is 11.6 Å². The minimum atomic E-state index is 0.704. The minimum absolute atomic E-state index is 0.704. The van der Waals surface area contributed by atoms with Gasteiger partial charge < -0.3 is 5.32 Å². The minimum Gasteiger partial charge on any atom is -0.383 e. The van der Waals surface area contributed by atoms with Gasteiger partial charge in [-0.25, -0.2) is 0 Å². The van der Waals surface area contributed by atoms with Crippen molar-refractivity contribution in [3.05, 3.63) is 57.3 Å². The number of hydrogen-bond donors (Lipinski definition) is 1. The van der Waals surface area contributed by atoms with E-state index in [0.29, 0.717) is 5.56 Å². The SMILES string of the molecule is CCC1=C(Cl)/C(=C(/C)Cc2cccc(C#N)c2)CN1. The number of nitriles is 1. The van der Waals surface area contributed by atoms with E-state index in [2.05, 4.69) is 25.2 Å². The Morgan fingerprint density at radius 3 is 2.89 bits per heavy atom. The van der Waals surface area contributed by atoms with Crippen LogP contribution < -0.4 is 5.32 Å². The lowest BCUT2D eigenvalue weighted by Gasteiger charge is -2.07. The highest BCUT2D eigenvalue weighted by Gasteiger charge is 2.18. The zero-order valence-electron chi connectivity index (χ0n) is 11.3. The molecule has 2 nitrogen and oxygen atoms in total. The molecule has 98 valence electrons. The Morgan fingerprint density at radius 1 is 1.47 bits per heavy atom. The predicted octanol–water partition coefficient (Wildman–Crippen LogP) is 3.88. The maximum Gasteiger partial charge on any atom is 0.0991 e. The van der Waals surface area contributed by atoms with Crippen molar-refractivity contribution in [1.29, 1.82) is 5.26 Å². The molecule has 0 fully saturated rings. The van der Waals surface area contributed by atoms with Gasteiger partial charge in [-0.15, -0.1) is 0 Å². The molecule has 1 N–H and O–H groups in total. The summed E-state index contributed by atoms with van der Waals surface area (Å²) >= 11 is 6.37. The normalized spacial score (nSPS) is 17.2. The smallest absolute Gasteiger partial charge is 0.0991 e. The second-order valence-electron chi connectivity index (χ2n) is 4.75. The van der Waals surface area contributed by atoms with Crippen molar-refractivity contribution >= 4 is 11.6 Å². The summed E-state index contributed by atoms with van der Waals surface area (Å²) in [7, 11) is 0. The van der Waals surface area contributed by atoms with Gasteiger partial charge in [0.05, 0.1) is 16.7 Å². The highest BCUT2D eigenvalue weighted by atomic mass is 35.5. The number of benzene rings is 1. The molecule has 1 aromatic carbocycles. The average Bonchev–Trinajstić information content (AvgIpc) is 2.80. The topological polar surface area (TPSA) is 35.8 Å². The van der Waals surface area contributed by atoms with E-state index in [1.807, 2.05) is 24.3 Å². The second kappa shape index (κ2) is 5.95. The Labute approximate surface area is 119 Å². The van der Waals surface area contributed by atoms with Gasteiger partial charge >= 0.3 is 0 Å². The lowest BCUT2D eigenvalue weighted by molar-refractivity contribution is 0.869. The molecule has 1 aliphatic heterocycles. The van der Waals surface area contributed by atoms with Crippen LogP contribution in [0.1, 0.15) is 31.4 Å². The molecule has 3 heteroatoms. The summed E-state index contributed by atoms with van der Waals surface area (Å²) in [6.07, 6.45) is 1.76. The Balaban J connectivity index is 2.24. The summed E-state index contributed by atoms with van der Waals surface area (Å²) in [5.74, 6) is 0. The average molecular weight is 273 g/mol. The van der Waals surface area contributed by atoms with E-state index in [9.17, 15) is 0 Å². The van der Waals surface area contributed by atoms with E-state index in [0.717, 1.165) is 35.7 Å². The van der Waals surface area contributed by atoms with Crippen molar-refractivity contribution in [3.8, 4) is 6.07 Å². The van der Waals surface area contributed by atoms with Crippen molar-refractivity contribution in [2.45, 2.75) is 26.7 Å². The van der Waals surface area contributed by atoms with Gasteiger partial charge in [0.25, 0.3) is 0 Å². The van der Waals surface area contributed by atoms with Crippen LogP contribution in [0.25, 0.3) is 0 Å². The van der Waals surface area contributed by atoms with E-state index in [-0.39, 0.29) is 0 Å². The highest BCUT2D eigenvalue weighted by molar-refractivity contribution is 6.32. The first-order valence-corrected chi connectivity index (χ1v) is 6.84. The van der Waals surface area contributed by atoms with Gasteiger partial charge in [0.15, 0.2) is 0 Å². The molecule has 0 saturated carbocycles. The molecule has 0 amide bonds. The molecule has 0 unspecified atom stereocenters. The first kappa shape index (κ1) is 13.7. The molecule has 2 rings (SSSR count). The van der Waals surface area contributed by atoms with Crippen LogP contribution in [0.2, 0.25) is 0 Å². The third-order valence-corrected chi connectivity index (χ3v) is 3.86. The summed E-state index contributed by atoms with van der Waals surface area (Å²) in [5, 5.41) is 13.1. The van der Waals surface area contributed by atoms with E-state index in [1.165, 1.54) is 11.1 Å². The first-order chi connectivity index (χ1) is 9.15. The zero-order chi connectivity index (χ0) is 13.8. The van der Waals surface area contributed by atoms with Crippen LogP contribution in [0, 0.1) is 11.3 Å². The van der Waals surface area contributed by atoms with Gasteiger partial charge in [0.2, 0.25) is 0 Å². The number of halogens is 1. The van der Waals surface area contributed by atoms with Crippen LogP contribution in [-0.4, -0.2) is 6.54 Å². The van der Waals surface area contributed by atoms with E-state index < -0.39 is 0 Å². The Kier molecular flexibility index (Phi) is 4.29. The molecule has 1 aliphatic rings. The van der Waals surface area contributed by atoms with Crippen molar-refractivity contribution in [2.75, 3.05) is 6.54 Å². The largest absolute Gasteiger partial charge is 0.383 e. The Morgan fingerprint density at radius 2 is 2.26 bits per heavy atom. The van der Waals surface area contributed by atoms with E-state index >= 15 is 0 Å². The van der Waals surface area contributed by atoms with Gasteiger partial charge in [-0.2, -0.15) is 5.26 Å². The lowest BCUT2D eigenvalue weighted by atomic mass is 10.00. The Hall–Kier alpha value is -1.72. The molecule has 1 aromatic rings. The number of allylic oxidation sites excluding steroid dienone is 2. The van der Waals surface area contributed by atoms with Crippen LogP contribution in [-0.2, 0) is 6.42 Å². The van der Waals surface area contributed by atoms with Gasteiger partial charge in [-0.05, 0) is 43.0 Å². The quantitative estimate of drug-likeness (QED) is 0.906. The van der Waals surface area contributed by atoms with Crippen LogP contribution in [0.3, 0.4) is 0 Å². The molecular weight excluding hydrogens is 256 g/mol. The maximum atomic E-state index is 8.92. The van der Waals surface area contributed by atoms with Crippen molar-refractivity contribution < 1.29 is 0 Å². The fraction of sp³-hybridized carbons (Fsp3) is 0.312. The number of hydrogen-bond acceptors (Lipinski definition) is 2. The molecule has 1 heterocycles. The van der Waals surface area contributed by atoms with E-state index in [4.69, 9.17) is 16.9 Å². The molecule has 0 spiro atoms. The first-order valence-electron chi connectivity index (χ1n) is 6.46. The summed E-state index contributed by atoms with van der Waals surface area (Å²) < 4.78 is 0. The fourth-order valence-corrected chi connectivity index (χ4v) is 2.74. The van der Waals surface area contributed by atoms with Gasteiger partial charge in [0, 0.05) is 12.2 Å². The van der Waals surface area contributed by atoms with Crippen molar-refractivity contribution in [1.82, 2.24) is 5.32 Å². The molecule has 19 heavy (non-hydrogen) atoms. The fourth-order valence-electron chi connectivity index (χ4n) is 2.31. The van der Waals surface area contributed by atoms with Crippen LogP contribution in [0.15, 0.2) is 46.1 Å². The molecular formula is C16H17ClN2. The molecule has 0 bridgehead atoms. The maximum absolute atomic E-state index is 8.92. The third-order valence-electron chi connectivity index (χ3n) is 3.40. The monoisotopic (exact) mass is 272 g/mol. The molecule has 0 aliphatic carbocycles. The summed E-state index contributed by atoms with van der Waals surface area (Å²) in [4.78, 5) is 0. The van der Waals surface area contributed by atoms with Crippen molar-refractivity contribution in [2.24, 2.45) is 0 Å². The third kappa shape index (κ3) is 3.00. The summed E-state index contributed by atoms with van der Waals surface area (Å²) in [6, 6.07) is 9.90. The van der Waals surface area contributed by atoms with Crippen LogP contribution in [0.4, 0.5) is 0 Å². The van der Waals surface area contributed by atoms with Gasteiger partial charge in [-0.3, -0.25) is 0 Å². The van der Waals surface area contributed by atoms with Crippen LogP contribution in [0.5, 0.6) is 0 Å². The van der Waals surface area contributed by atoms with Gasteiger partial charge in [-0.1, -0.05) is 36.2 Å². The molecule has 0 aromatic heterocycles. The number of nitrogens with one attached hydrogen (secondary N) is 1. The standard InChI is InChI=1S/C16H17ClN2/c1-3-15-16(17)14(10-19-15)11(2)7-12-5-4-6-13(8-12)9-18/h4-6,8,19H,3,7,10H2,1-2H3/b14-11-. The lowest BCUT2D eigenvalue weighted by Crippen LogP contribution is -2.08. The molecule has 0 atom stereocenters. The summed E-state index contributed by atoms with van der Waals surface area (Å²) in [5.41, 5.74) is 5.44. The van der Waals surface area contributed by atoms with Crippen molar-refractivity contribution in [3.63, 3.8) is 0 Å². The summed E-state index contributed by atoms with van der Waals surface area (Å²) in [6.45, 7) is 5.02. The Bertz CT molecular complexity index is 591.